The maximum atomic E-state index is 9.71. The predicted molar refractivity (Wildman–Crippen MR) is 53.2 cm³/mol. The first-order valence-corrected chi connectivity index (χ1v) is 5.33. The quantitative estimate of drug-likeness (QED) is 0.483. The van der Waals surface area contributed by atoms with Crippen LogP contribution in [0, 0.1) is 5.92 Å². The summed E-state index contributed by atoms with van der Waals surface area (Å²) in [5, 5.41) is 37.7. The zero-order chi connectivity index (χ0) is 11.6. The Bertz CT molecular complexity index is 196. The molecule has 4 N–H and O–H groups in total. The summed E-state index contributed by atoms with van der Waals surface area (Å²) in [4.78, 5) is 0. The van der Waals surface area contributed by atoms with Crippen LogP contribution in [0.15, 0.2) is 0 Å². The third kappa shape index (κ3) is 2.49. The number of rotatable bonds is 3. The number of aliphatic hydroxyl groups excluding tert-OH is 4. The van der Waals surface area contributed by atoms with Crippen LogP contribution in [-0.4, -0.2) is 57.6 Å². The van der Waals surface area contributed by atoms with E-state index in [-0.39, 0.29) is 12.5 Å². The zero-order valence-electron chi connectivity index (χ0n) is 9.08. The van der Waals surface area contributed by atoms with Gasteiger partial charge in [0.25, 0.3) is 0 Å². The van der Waals surface area contributed by atoms with Gasteiger partial charge in [-0.15, -0.1) is 0 Å². The van der Waals surface area contributed by atoms with E-state index in [4.69, 9.17) is 9.84 Å². The van der Waals surface area contributed by atoms with Crippen molar-refractivity contribution in [2.45, 2.75) is 50.8 Å². The maximum absolute atomic E-state index is 9.71. The Morgan fingerprint density at radius 1 is 1.13 bits per heavy atom. The van der Waals surface area contributed by atoms with E-state index >= 15 is 0 Å². The molecule has 0 bridgehead atoms. The van der Waals surface area contributed by atoms with E-state index in [1.165, 1.54) is 0 Å². The normalized spacial score (nSPS) is 44.0. The highest BCUT2D eigenvalue weighted by Gasteiger charge is 2.44. The molecule has 1 rings (SSSR count). The summed E-state index contributed by atoms with van der Waals surface area (Å²) in [5.41, 5.74) is 0. The van der Waals surface area contributed by atoms with Crippen molar-refractivity contribution < 1.29 is 25.2 Å². The topological polar surface area (TPSA) is 90.2 Å². The molecule has 0 aromatic rings. The van der Waals surface area contributed by atoms with Gasteiger partial charge in [0.1, 0.15) is 24.4 Å². The number of ether oxygens (including phenoxy) is 1. The molecule has 1 heterocycles. The molecule has 1 saturated heterocycles. The summed E-state index contributed by atoms with van der Waals surface area (Å²) < 4.78 is 5.37. The van der Waals surface area contributed by atoms with Gasteiger partial charge in [0, 0.05) is 0 Å². The van der Waals surface area contributed by atoms with Crippen molar-refractivity contribution in [3.63, 3.8) is 0 Å². The molecule has 5 heteroatoms. The zero-order valence-corrected chi connectivity index (χ0v) is 9.08. The molecule has 6 atom stereocenters. The molecule has 1 aliphatic heterocycles. The number of hydrogen-bond acceptors (Lipinski definition) is 5. The van der Waals surface area contributed by atoms with Crippen LogP contribution in [0.4, 0.5) is 0 Å². The lowest BCUT2D eigenvalue weighted by molar-refractivity contribution is -0.239. The van der Waals surface area contributed by atoms with Gasteiger partial charge < -0.3 is 25.2 Å². The van der Waals surface area contributed by atoms with Gasteiger partial charge in [0.15, 0.2) is 0 Å². The van der Waals surface area contributed by atoms with Crippen LogP contribution in [-0.2, 0) is 4.74 Å². The molecule has 0 aromatic heterocycles. The average Bonchev–Trinajstić information content (AvgIpc) is 2.25. The van der Waals surface area contributed by atoms with Crippen LogP contribution in [0.3, 0.4) is 0 Å². The molecule has 15 heavy (non-hydrogen) atoms. The lowest BCUT2D eigenvalue weighted by atomic mass is 9.87. The molecule has 0 aromatic carbocycles. The fourth-order valence-corrected chi connectivity index (χ4v) is 1.83. The second-order valence-corrected chi connectivity index (χ2v) is 4.18. The number of aliphatic hydroxyl groups is 4. The minimum absolute atomic E-state index is 0.0659. The average molecular weight is 220 g/mol. The summed E-state index contributed by atoms with van der Waals surface area (Å²) in [7, 11) is 0. The van der Waals surface area contributed by atoms with Crippen LogP contribution in [0.5, 0.6) is 0 Å². The molecule has 2 unspecified atom stereocenters. The monoisotopic (exact) mass is 220 g/mol. The van der Waals surface area contributed by atoms with Gasteiger partial charge in [0.2, 0.25) is 0 Å². The third-order valence-electron chi connectivity index (χ3n) is 3.13. The summed E-state index contributed by atoms with van der Waals surface area (Å²) >= 11 is 0. The third-order valence-corrected chi connectivity index (χ3v) is 3.13. The highest BCUT2D eigenvalue weighted by atomic mass is 16.5. The summed E-state index contributed by atoms with van der Waals surface area (Å²) in [5.74, 6) is 0.0659. The molecule has 90 valence electrons. The van der Waals surface area contributed by atoms with Crippen LogP contribution in [0.2, 0.25) is 0 Å². The smallest absolute Gasteiger partial charge is 0.111 e. The van der Waals surface area contributed by atoms with E-state index in [0.29, 0.717) is 0 Å². The first-order valence-electron chi connectivity index (χ1n) is 5.33. The molecule has 0 spiro atoms. The van der Waals surface area contributed by atoms with Crippen LogP contribution < -0.4 is 0 Å². The van der Waals surface area contributed by atoms with Crippen molar-refractivity contribution in [3.8, 4) is 0 Å². The van der Waals surface area contributed by atoms with Crippen LogP contribution in [0.25, 0.3) is 0 Å². The fourth-order valence-electron chi connectivity index (χ4n) is 1.83. The first-order chi connectivity index (χ1) is 7.02. The fraction of sp³-hybridized carbons (Fsp3) is 1.00. The van der Waals surface area contributed by atoms with Gasteiger partial charge in [-0.3, -0.25) is 0 Å². The largest absolute Gasteiger partial charge is 0.394 e. The lowest BCUT2D eigenvalue weighted by Gasteiger charge is -2.42. The summed E-state index contributed by atoms with van der Waals surface area (Å²) in [6.07, 6.45) is -4.14. The Labute approximate surface area is 89.3 Å². The predicted octanol–water partition coefficient (Wildman–Crippen LogP) is -1.13. The standard InChI is InChI=1S/C10H20O5/c1-3-5(2)10-9(14)8(13)7(12)6(4-11)15-10/h5-14H,3-4H2,1-2H3/t5?,6-,7-,8+,9-,10?/m1/s1. The van der Waals surface area contributed by atoms with E-state index in [2.05, 4.69) is 0 Å². The molecule has 0 saturated carbocycles. The summed E-state index contributed by atoms with van der Waals surface area (Å²) in [6, 6.07) is 0. The van der Waals surface area contributed by atoms with E-state index < -0.39 is 30.5 Å². The summed E-state index contributed by atoms with van der Waals surface area (Å²) in [6.45, 7) is 3.48. The van der Waals surface area contributed by atoms with Gasteiger partial charge in [-0.1, -0.05) is 20.3 Å². The molecular weight excluding hydrogens is 200 g/mol. The Balaban J connectivity index is 2.74. The van der Waals surface area contributed by atoms with Gasteiger partial charge in [0.05, 0.1) is 12.7 Å². The second kappa shape index (κ2) is 5.23. The highest BCUT2D eigenvalue weighted by Crippen LogP contribution is 2.27. The van der Waals surface area contributed by atoms with Crippen LogP contribution in [0.1, 0.15) is 20.3 Å². The van der Waals surface area contributed by atoms with Crippen molar-refractivity contribution in [1.82, 2.24) is 0 Å². The van der Waals surface area contributed by atoms with Gasteiger partial charge in [-0.05, 0) is 5.92 Å². The molecule has 5 nitrogen and oxygen atoms in total. The van der Waals surface area contributed by atoms with E-state index in [9.17, 15) is 15.3 Å². The second-order valence-electron chi connectivity index (χ2n) is 4.18. The molecule has 1 aliphatic rings. The van der Waals surface area contributed by atoms with Gasteiger partial charge >= 0.3 is 0 Å². The van der Waals surface area contributed by atoms with Crippen molar-refractivity contribution in [3.05, 3.63) is 0 Å². The van der Waals surface area contributed by atoms with E-state index in [1.807, 2.05) is 13.8 Å². The van der Waals surface area contributed by atoms with Crippen molar-refractivity contribution in [2.75, 3.05) is 6.61 Å². The van der Waals surface area contributed by atoms with Gasteiger partial charge in [-0.2, -0.15) is 0 Å². The molecule has 0 radical (unpaired) electrons. The Kier molecular flexibility index (Phi) is 4.48. The molecular formula is C10H20O5. The Morgan fingerprint density at radius 2 is 1.73 bits per heavy atom. The Morgan fingerprint density at radius 3 is 2.20 bits per heavy atom. The SMILES string of the molecule is CCC(C)C1O[C@H](CO)[C@@H](O)[C@H](O)[C@H]1O. The lowest BCUT2D eigenvalue weighted by Crippen LogP contribution is -2.59. The van der Waals surface area contributed by atoms with Crippen LogP contribution >= 0.6 is 0 Å². The Hall–Kier alpha value is -0.200. The minimum Gasteiger partial charge on any atom is -0.394 e. The van der Waals surface area contributed by atoms with E-state index in [0.717, 1.165) is 6.42 Å². The number of hydrogen-bond donors (Lipinski definition) is 4. The molecule has 1 fully saturated rings. The molecule has 0 amide bonds. The van der Waals surface area contributed by atoms with E-state index in [1.54, 1.807) is 0 Å². The van der Waals surface area contributed by atoms with Gasteiger partial charge in [-0.25, -0.2) is 0 Å². The van der Waals surface area contributed by atoms with Crippen molar-refractivity contribution >= 4 is 0 Å². The highest BCUT2D eigenvalue weighted by molar-refractivity contribution is 4.93. The minimum atomic E-state index is -1.25. The van der Waals surface area contributed by atoms with Crippen molar-refractivity contribution in [2.24, 2.45) is 5.92 Å². The van der Waals surface area contributed by atoms with Crippen molar-refractivity contribution in [1.29, 1.82) is 0 Å². The maximum Gasteiger partial charge on any atom is 0.111 e. The first kappa shape index (κ1) is 12.9. The molecule has 0 aliphatic carbocycles.